The first-order valence-corrected chi connectivity index (χ1v) is 5.12. The monoisotopic (exact) mass is 233 g/mol. The van der Waals surface area contributed by atoms with Gasteiger partial charge in [-0.15, -0.1) is 0 Å². The maximum atomic E-state index is 11.2. The highest BCUT2D eigenvalue weighted by atomic mass is 79.9. The van der Waals surface area contributed by atoms with Gasteiger partial charge in [-0.25, -0.2) is 0 Å². The van der Waals surface area contributed by atoms with Crippen molar-refractivity contribution < 1.29 is 9.53 Å². The number of carbonyl (C=O) groups excluding carboxylic acids is 1. The Morgan fingerprint density at radius 3 is 2.67 bits per heavy atom. The summed E-state index contributed by atoms with van der Waals surface area (Å²) < 4.78 is 4.73. The van der Waals surface area contributed by atoms with Crippen LogP contribution in [-0.4, -0.2) is 30.0 Å². The normalized spacial score (nSPS) is 44.8. The molecule has 2 rings (SSSR count). The molecule has 68 valence electrons. The number of fused-ring (bicyclic) bond motifs is 2. The molecule has 2 bridgehead atoms. The highest BCUT2D eigenvalue weighted by molar-refractivity contribution is 9.09. The van der Waals surface area contributed by atoms with Gasteiger partial charge in [0.15, 0.2) is 0 Å². The van der Waals surface area contributed by atoms with Crippen LogP contribution in [-0.2, 0) is 9.53 Å². The van der Waals surface area contributed by atoms with E-state index in [-0.39, 0.29) is 11.9 Å². The fourth-order valence-corrected chi connectivity index (χ4v) is 2.97. The van der Waals surface area contributed by atoms with Gasteiger partial charge in [-0.1, -0.05) is 15.9 Å². The van der Waals surface area contributed by atoms with E-state index in [2.05, 4.69) is 21.2 Å². The van der Waals surface area contributed by atoms with Crippen LogP contribution in [0.4, 0.5) is 0 Å². The van der Waals surface area contributed by atoms with Crippen molar-refractivity contribution in [2.24, 2.45) is 5.92 Å². The lowest BCUT2D eigenvalue weighted by molar-refractivity contribution is -0.146. The Morgan fingerprint density at radius 1 is 1.50 bits per heavy atom. The van der Waals surface area contributed by atoms with E-state index >= 15 is 0 Å². The van der Waals surface area contributed by atoms with E-state index in [4.69, 9.17) is 4.74 Å². The Morgan fingerprint density at radius 2 is 2.25 bits per heavy atom. The Balaban J connectivity index is 2.02. The molecule has 4 heteroatoms. The van der Waals surface area contributed by atoms with E-state index in [1.807, 2.05) is 0 Å². The van der Waals surface area contributed by atoms with Gasteiger partial charge in [0.25, 0.3) is 0 Å². The topological polar surface area (TPSA) is 38.3 Å². The molecule has 0 aromatic heterocycles. The lowest BCUT2D eigenvalue weighted by atomic mass is 9.89. The van der Waals surface area contributed by atoms with E-state index in [1.54, 1.807) is 0 Å². The highest BCUT2D eigenvalue weighted by Gasteiger charge is 2.47. The molecule has 0 spiro atoms. The predicted molar refractivity (Wildman–Crippen MR) is 48.2 cm³/mol. The number of rotatable bonds is 1. The lowest BCUT2D eigenvalue weighted by Gasteiger charge is -2.20. The zero-order valence-corrected chi connectivity index (χ0v) is 8.50. The largest absolute Gasteiger partial charge is 0.469 e. The summed E-state index contributed by atoms with van der Waals surface area (Å²) in [5.41, 5.74) is 0. The number of alkyl halides is 1. The highest BCUT2D eigenvalue weighted by Crippen LogP contribution is 2.37. The van der Waals surface area contributed by atoms with Crippen LogP contribution in [0.5, 0.6) is 0 Å². The number of hydrogen-bond acceptors (Lipinski definition) is 3. The van der Waals surface area contributed by atoms with Gasteiger partial charge in [0.05, 0.1) is 13.0 Å². The zero-order valence-electron chi connectivity index (χ0n) is 6.92. The van der Waals surface area contributed by atoms with Crippen LogP contribution in [0.15, 0.2) is 0 Å². The Kier molecular flexibility index (Phi) is 2.12. The van der Waals surface area contributed by atoms with Crippen LogP contribution in [0.25, 0.3) is 0 Å². The van der Waals surface area contributed by atoms with Gasteiger partial charge in [-0.2, -0.15) is 0 Å². The summed E-state index contributed by atoms with van der Waals surface area (Å²) in [7, 11) is 1.46. The van der Waals surface area contributed by atoms with Gasteiger partial charge in [0.2, 0.25) is 0 Å². The van der Waals surface area contributed by atoms with Gasteiger partial charge in [0.1, 0.15) is 0 Å². The number of nitrogens with one attached hydrogen (secondary N) is 1. The lowest BCUT2D eigenvalue weighted by Crippen LogP contribution is -2.30. The Labute approximate surface area is 80.0 Å². The number of ether oxygens (including phenoxy) is 1. The molecule has 2 aliphatic rings. The third-order valence-electron chi connectivity index (χ3n) is 2.84. The number of carbonyl (C=O) groups is 1. The molecule has 12 heavy (non-hydrogen) atoms. The maximum absolute atomic E-state index is 11.2. The molecule has 2 aliphatic heterocycles. The van der Waals surface area contributed by atoms with Crippen LogP contribution in [0.2, 0.25) is 0 Å². The van der Waals surface area contributed by atoms with Crippen LogP contribution < -0.4 is 5.32 Å². The smallest absolute Gasteiger partial charge is 0.310 e. The standard InChI is InChI=1S/C8H12BrNO2/c1-12-8(11)4-2-7-5(9)3-6(4)10-7/h4-7,10H,2-3H2,1H3. The molecule has 2 heterocycles. The van der Waals surface area contributed by atoms with E-state index in [1.165, 1.54) is 7.11 Å². The molecule has 4 unspecified atom stereocenters. The first-order valence-electron chi connectivity index (χ1n) is 4.20. The van der Waals surface area contributed by atoms with Crippen LogP contribution in [0, 0.1) is 5.92 Å². The molecule has 4 atom stereocenters. The molecule has 0 aliphatic carbocycles. The third-order valence-corrected chi connectivity index (χ3v) is 3.85. The molecule has 2 fully saturated rings. The number of hydrogen-bond donors (Lipinski definition) is 1. The van der Waals surface area contributed by atoms with Crippen molar-refractivity contribution in [2.45, 2.75) is 29.8 Å². The summed E-state index contributed by atoms with van der Waals surface area (Å²) >= 11 is 3.58. The summed E-state index contributed by atoms with van der Waals surface area (Å²) in [4.78, 5) is 11.8. The number of halogens is 1. The Bertz CT molecular complexity index is 207. The van der Waals surface area contributed by atoms with Crippen LogP contribution in [0.3, 0.4) is 0 Å². The van der Waals surface area contributed by atoms with Crippen molar-refractivity contribution in [3.05, 3.63) is 0 Å². The van der Waals surface area contributed by atoms with Gasteiger partial charge >= 0.3 is 5.97 Å². The first kappa shape index (κ1) is 8.51. The minimum absolute atomic E-state index is 0.0607. The Hall–Kier alpha value is -0.0900. The maximum Gasteiger partial charge on any atom is 0.310 e. The fourth-order valence-electron chi connectivity index (χ4n) is 2.20. The van der Waals surface area contributed by atoms with E-state index in [9.17, 15) is 4.79 Å². The molecule has 1 N–H and O–H groups in total. The number of esters is 1. The molecule has 0 amide bonds. The molecular weight excluding hydrogens is 222 g/mol. The minimum atomic E-state index is -0.0607. The van der Waals surface area contributed by atoms with E-state index < -0.39 is 0 Å². The summed E-state index contributed by atoms with van der Waals surface area (Å²) in [6, 6.07) is 0.811. The molecule has 0 saturated carbocycles. The molecule has 0 aromatic carbocycles. The average Bonchev–Trinajstić information content (AvgIpc) is 2.60. The van der Waals surface area contributed by atoms with Crippen LogP contribution in [0.1, 0.15) is 12.8 Å². The van der Waals surface area contributed by atoms with Crippen molar-refractivity contribution in [1.29, 1.82) is 0 Å². The second-order valence-corrected chi connectivity index (χ2v) is 4.67. The average molecular weight is 234 g/mol. The van der Waals surface area contributed by atoms with Crippen molar-refractivity contribution in [3.8, 4) is 0 Å². The summed E-state index contributed by atoms with van der Waals surface area (Å²) in [5.74, 6) is 0.0307. The molecule has 0 radical (unpaired) electrons. The SMILES string of the molecule is COC(=O)C1CC2NC1CC2Br. The predicted octanol–water partition coefficient (Wildman–Crippen LogP) is 0.673. The third kappa shape index (κ3) is 1.17. The van der Waals surface area contributed by atoms with Crippen molar-refractivity contribution >= 4 is 21.9 Å². The van der Waals surface area contributed by atoms with Crippen LogP contribution >= 0.6 is 15.9 Å². The van der Waals surface area contributed by atoms with Gasteiger partial charge in [0, 0.05) is 16.9 Å². The molecule has 0 aromatic rings. The zero-order chi connectivity index (χ0) is 8.72. The van der Waals surface area contributed by atoms with E-state index in [0.29, 0.717) is 16.9 Å². The van der Waals surface area contributed by atoms with Crippen molar-refractivity contribution in [3.63, 3.8) is 0 Å². The minimum Gasteiger partial charge on any atom is -0.469 e. The first-order chi connectivity index (χ1) is 5.72. The summed E-state index contributed by atoms with van der Waals surface area (Å²) in [6.07, 6.45) is 1.97. The van der Waals surface area contributed by atoms with Gasteiger partial charge < -0.3 is 10.1 Å². The second-order valence-electron chi connectivity index (χ2n) is 3.50. The van der Waals surface area contributed by atoms with E-state index in [0.717, 1.165) is 12.8 Å². The fraction of sp³-hybridized carbons (Fsp3) is 0.875. The van der Waals surface area contributed by atoms with Gasteiger partial charge in [-0.3, -0.25) is 4.79 Å². The molecule has 2 saturated heterocycles. The quantitative estimate of drug-likeness (QED) is 0.535. The second kappa shape index (κ2) is 3.00. The number of methoxy groups -OCH3 is 1. The molecular formula is C8H12BrNO2. The van der Waals surface area contributed by atoms with Crippen molar-refractivity contribution in [2.75, 3.05) is 7.11 Å². The van der Waals surface area contributed by atoms with Crippen molar-refractivity contribution in [1.82, 2.24) is 5.32 Å². The van der Waals surface area contributed by atoms with Gasteiger partial charge in [-0.05, 0) is 12.8 Å². The molecule has 3 nitrogen and oxygen atoms in total. The summed E-state index contributed by atoms with van der Waals surface area (Å²) in [5, 5.41) is 3.40. The summed E-state index contributed by atoms with van der Waals surface area (Å²) in [6.45, 7) is 0.